The van der Waals surface area contributed by atoms with Crippen molar-refractivity contribution in [2.75, 3.05) is 6.61 Å². The monoisotopic (exact) mass is 373 g/mol. The Labute approximate surface area is 130 Å². The van der Waals surface area contributed by atoms with Gasteiger partial charge in [-0.1, -0.05) is 18.2 Å². The summed E-state index contributed by atoms with van der Waals surface area (Å²) in [5, 5.41) is 0. The first-order chi connectivity index (χ1) is 9.56. The Kier molecular flexibility index (Phi) is 3.85. The minimum Gasteiger partial charge on any atom is -0.493 e. The number of para-hydroxylation sites is 1. The van der Waals surface area contributed by atoms with Gasteiger partial charge in [-0.25, -0.2) is 13.1 Å². The van der Waals surface area contributed by atoms with Gasteiger partial charge in [-0.3, -0.25) is 0 Å². The van der Waals surface area contributed by atoms with Crippen molar-refractivity contribution >= 4 is 37.3 Å². The van der Waals surface area contributed by atoms with Crippen LogP contribution in [0, 0.1) is 0 Å². The van der Waals surface area contributed by atoms with Gasteiger partial charge in [-0.15, -0.1) is 11.3 Å². The zero-order valence-electron chi connectivity index (χ0n) is 10.4. The van der Waals surface area contributed by atoms with Crippen LogP contribution in [0.2, 0.25) is 0 Å². The van der Waals surface area contributed by atoms with E-state index < -0.39 is 10.0 Å². The third-order valence-corrected chi connectivity index (χ3v) is 6.66. The molecular weight excluding hydrogens is 362 g/mol. The van der Waals surface area contributed by atoms with Crippen molar-refractivity contribution in [1.29, 1.82) is 0 Å². The van der Waals surface area contributed by atoms with Crippen molar-refractivity contribution in [3.63, 3.8) is 0 Å². The SMILES string of the molecule is O=S(=O)(NC1CCOc2ccccc21)c1ccc(Br)s1. The van der Waals surface area contributed by atoms with Crippen LogP contribution in [0.4, 0.5) is 0 Å². The van der Waals surface area contributed by atoms with Crippen LogP contribution in [0.25, 0.3) is 0 Å². The number of thiophene rings is 1. The van der Waals surface area contributed by atoms with E-state index in [2.05, 4.69) is 20.7 Å². The molecule has 1 aliphatic heterocycles. The number of rotatable bonds is 3. The molecule has 0 saturated heterocycles. The normalized spacial score (nSPS) is 18.4. The topological polar surface area (TPSA) is 55.4 Å². The average molecular weight is 374 g/mol. The molecule has 1 N–H and O–H groups in total. The fraction of sp³-hybridized carbons (Fsp3) is 0.231. The summed E-state index contributed by atoms with van der Waals surface area (Å²) in [6.07, 6.45) is 0.628. The summed E-state index contributed by atoms with van der Waals surface area (Å²) in [6, 6.07) is 10.6. The van der Waals surface area contributed by atoms with Crippen molar-refractivity contribution < 1.29 is 13.2 Å². The number of hydrogen-bond donors (Lipinski definition) is 1. The van der Waals surface area contributed by atoms with Gasteiger partial charge in [0.15, 0.2) is 0 Å². The Hall–Kier alpha value is -0.890. The van der Waals surface area contributed by atoms with Crippen molar-refractivity contribution in [3.8, 4) is 5.75 Å². The van der Waals surface area contributed by atoms with Gasteiger partial charge in [-0.2, -0.15) is 0 Å². The lowest BCUT2D eigenvalue weighted by atomic mass is 10.0. The standard InChI is InChI=1S/C13H12BrNO3S2/c14-12-5-6-13(19-12)20(16,17)15-10-7-8-18-11-4-2-1-3-9(10)11/h1-6,10,15H,7-8H2. The first-order valence-electron chi connectivity index (χ1n) is 6.06. The predicted octanol–water partition coefficient (Wildman–Crippen LogP) is 3.31. The van der Waals surface area contributed by atoms with Crippen molar-refractivity contribution in [2.45, 2.75) is 16.7 Å². The first kappa shape index (κ1) is 14.1. The summed E-state index contributed by atoms with van der Waals surface area (Å²) in [7, 11) is -3.50. The van der Waals surface area contributed by atoms with Crippen LogP contribution in [0.5, 0.6) is 5.75 Å². The van der Waals surface area contributed by atoms with Gasteiger partial charge in [0.2, 0.25) is 0 Å². The molecule has 1 aromatic heterocycles. The molecule has 1 atom stereocenters. The summed E-state index contributed by atoms with van der Waals surface area (Å²) in [5.74, 6) is 0.749. The molecule has 2 aromatic rings. The summed E-state index contributed by atoms with van der Waals surface area (Å²) in [6.45, 7) is 0.512. The fourth-order valence-corrected chi connectivity index (χ4v) is 5.43. The third-order valence-electron chi connectivity index (χ3n) is 3.07. The molecule has 0 spiro atoms. The number of ether oxygens (including phenoxy) is 1. The summed E-state index contributed by atoms with van der Waals surface area (Å²) in [5.41, 5.74) is 0.887. The number of sulfonamides is 1. The van der Waals surface area contributed by atoms with Crippen molar-refractivity contribution in [1.82, 2.24) is 4.72 Å². The molecule has 1 unspecified atom stereocenters. The molecule has 0 radical (unpaired) electrons. The van der Waals surface area contributed by atoms with Crippen LogP contribution in [0.1, 0.15) is 18.0 Å². The molecule has 7 heteroatoms. The molecular formula is C13H12BrNO3S2. The minimum absolute atomic E-state index is 0.245. The largest absolute Gasteiger partial charge is 0.493 e. The number of benzene rings is 1. The van der Waals surface area contributed by atoms with E-state index in [0.29, 0.717) is 17.2 Å². The smallest absolute Gasteiger partial charge is 0.250 e. The zero-order valence-corrected chi connectivity index (χ0v) is 13.6. The van der Waals surface area contributed by atoms with Crippen LogP contribution in [0.3, 0.4) is 0 Å². The van der Waals surface area contributed by atoms with E-state index in [9.17, 15) is 8.42 Å². The van der Waals surface area contributed by atoms with E-state index in [4.69, 9.17) is 4.74 Å². The highest BCUT2D eigenvalue weighted by Gasteiger charge is 2.27. The highest BCUT2D eigenvalue weighted by molar-refractivity contribution is 9.11. The average Bonchev–Trinajstić information content (AvgIpc) is 2.86. The van der Waals surface area contributed by atoms with Crippen LogP contribution in [-0.2, 0) is 10.0 Å². The second-order valence-corrected chi connectivity index (χ2v) is 8.81. The van der Waals surface area contributed by atoms with Crippen molar-refractivity contribution in [2.24, 2.45) is 0 Å². The maximum absolute atomic E-state index is 12.4. The van der Waals surface area contributed by atoms with E-state index in [0.717, 1.165) is 15.1 Å². The first-order valence-corrected chi connectivity index (χ1v) is 9.15. The molecule has 0 saturated carbocycles. The molecule has 4 nitrogen and oxygen atoms in total. The summed E-state index contributed by atoms with van der Waals surface area (Å²) < 4.78 is 34.1. The lowest BCUT2D eigenvalue weighted by Crippen LogP contribution is -2.31. The van der Waals surface area contributed by atoms with Gasteiger partial charge in [0.05, 0.1) is 16.4 Å². The molecule has 1 aliphatic rings. The third kappa shape index (κ3) is 2.76. The van der Waals surface area contributed by atoms with Gasteiger partial charge in [0.25, 0.3) is 10.0 Å². The molecule has 2 heterocycles. The zero-order chi connectivity index (χ0) is 14.2. The molecule has 3 rings (SSSR count). The second kappa shape index (κ2) is 5.48. The van der Waals surface area contributed by atoms with E-state index in [1.165, 1.54) is 11.3 Å². The fourth-order valence-electron chi connectivity index (χ4n) is 2.15. The number of fused-ring (bicyclic) bond motifs is 1. The van der Waals surface area contributed by atoms with Gasteiger partial charge in [-0.05, 0) is 34.1 Å². The summed E-state index contributed by atoms with van der Waals surface area (Å²) >= 11 is 4.48. The molecule has 0 fully saturated rings. The van der Waals surface area contributed by atoms with E-state index in [-0.39, 0.29) is 6.04 Å². The Morgan fingerprint density at radius 3 is 2.80 bits per heavy atom. The highest BCUT2D eigenvalue weighted by Crippen LogP contribution is 2.33. The Morgan fingerprint density at radius 1 is 1.25 bits per heavy atom. The lowest BCUT2D eigenvalue weighted by molar-refractivity contribution is 0.263. The van der Waals surface area contributed by atoms with Crippen LogP contribution in [-0.4, -0.2) is 15.0 Å². The second-order valence-electron chi connectivity index (χ2n) is 4.41. The quantitative estimate of drug-likeness (QED) is 0.897. The van der Waals surface area contributed by atoms with E-state index >= 15 is 0 Å². The van der Waals surface area contributed by atoms with Gasteiger partial charge in [0.1, 0.15) is 9.96 Å². The maximum atomic E-state index is 12.4. The van der Waals surface area contributed by atoms with E-state index in [1.807, 2.05) is 24.3 Å². The molecule has 0 amide bonds. The molecule has 1 aromatic carbocycles. The molecule has 106 valence electrons. The lowest BCUT2D eigenvalue weighted by Gasteiger charge is -2.26. The van der Waals surface area contributed by atoms with Crippen LogP contribution >= 0.6 is 27.3 Å². The Balaban J connectivity index is 1.89. The summed E-state index contributed by atoms with van der Waals surface area (Å²) in [4.78, 5) is 0. The Bertz CT molecular complexity index is 727. The van der Waals surface area contributed by atoms with Gasteiger partial charge < -0.3 is 4.74 Å². The maximum Gasteiger partial charge on any atom is 0.250 e. The number of nitrogens with one attached hydrogen (secondary N) is 1. The van der Waals surface area contributed by atoms with Crippen molar-refractivity contribution in [3.05, 3.63) is 45.7 Å². The van der Waals surface area contributed by atoms with Gasteiger partial charge in [0, 0.05) is 12.0 Å². The molecule has 0 aliphatic carbocycles. The Morgan fingerprint density at radius 2 is 2.05 bits per heavy atom. The van der Waals surface area contributed by atoms with Gasteiger partial charge >= 0.3 is 0 Å². The predicted molar refractivity (Wildman–Crippen MR) is 81.6 cm³/mol. The molecule has 0 bridgehead atoms. The van der Waals surface area contributed by atoms with Crippen LogP contribution < -0.4 is 9.46 Å². The minimum atomic E-state index is -3.50. The highest BCUT2D eigenvalue weighted by atomic mass is 79.9. The van der Waals surface area contributed by atoms with Crippen LogP contribution in [0.15, 0.2) is 44.4 Å². The van der Waals surface area contributed by atoms with E-state index in [1.54, 1.807) is 12.1 Å². The number of halogens is 1. The number of hydrogen-bond acceptors (Lipinski definition) is 4. The molecule has 20 heavy (non-hydrogen) atoms.